The Morgan fingerprint density at radius 3 is 2.74 bits per heavy atom. The molecule has 0 unspecified atom stereocenters. The molecule has 0 saturated heterocycles. The molecule has 0 fully saturated rings. The SMILES string of the molecule is CN(C)CCCn1c(/C=C/c2cccc(O)c2)nc2cc(Cl)ccc2c1=O. The van der Waals surface area contributed by atoms with Crippen LogP contribution in [-0.2, 0) is 6.54 Å². The zero-order chi connectivity index (χ0) is 19.4. The molecule has 0 radical (unpaired) electrons. The van der Waals surface area contributed by atoms with E-state index in [0.29, 0.717) is 28.3 Å². The summed E-state index contributed by atoms with van der Waals surface area (Å²) in [4.78, 5) is 19.7. The van der Waals surface area contributed by atoms with Crippen molar-refractivity contribution in [2.24, 2.45) is 0 Å². The Morgan fingerprint density at radius 1 is 1.19 bits per heavy atom. The van der Waals surface area contributed by atoms with Crippen molar-refractivity contribution in [3.8, 4) is 5.75 Å². The van der Waals surface area contributed by atoms with Crippen LogP contribution >= 0.6 is 11.6 Å². The number of benzene rings is 2. The van der Waals surface area contributed by atoms with Crippen LogP contribution in [0.5, 0.6) is 5.75 Å². The van der Waals surface area contributed by atoms with Crippen LogP contribution in [-0.4, -0.2) is 40.2 Å². The number of hydrogen-bond donors (Lipinski definition) is 1. The van der Waals surface area contributed by atoms with Gasteiger partial charge in [0.1, 0.15) is 11.6 Å². The minimum absolute atomic E-state index is 0.0778. The van der Waals surface area contributed by atoms with Crippen LogP contribution < -0.4 is 5.56 Å². The molecule has 0 aliphatic rings. The molecule has 1 N–H and O–H groups in total. The predicted molar refractivity (Wildman–Crippen MR) is 111 cm³/mol. The highest BCUT2D eigenvalue weighted by molar-refractivity contribution is 6.31. The van der Waals surface area contributed by atoms with Crippen LogP contribution in [0.25, 0.3) is 23.1 Å². The van der Waals surface area contributed by atoms with Gasteiger partial charge in [0.2, 0.25) is 0 Å². The highest BCUT2D eigenvalue weighted by atomic mass is 35.5. The molecule has 0 aliphatic heterocycles. The van der Waals surface area contributed by atoms with Crippen LogP contribution in [0.1, 0.15) is 17.8 Å². The van der Waals surface area contributed by atoms with E-state index in [9.17, 15) is 9.90 Å². The first kappa shape index (κ1) is 19.1. The Morgan fingerprint density at radius 2 is 2.00 bits per heavy atom. The lowest BCUT2D eigenvalue weighted by Crippen LogP contribution is -2.26. The van der Waals surface area contributed by atoms with Gasteiger partial charge in [-0.2, -0.15) is 0 Å². The molecule has 3 aromatic rings. The molecule has 0 atom stereocenters. The monoisotopic (exact) mass is 383 g/mol. The summed E-state index contributed by atoms with van der Waals surface area (Å²) in [6.07, 6.45) is 4.47. The predicted octanol–water partition coefficient (Wildman–Crippen LogP) is 3.88. The Balaban J connectivity index is 2.05. The summed E-state index contributed by atoms with van der Waals surface area (Å²) in [6, 6.07) is 12.1. The third kappa shape index (κ3) is 4.76. The third-order valence-electron chi connectivity index (χ3n) is 4.23. The number of hydrogen-bond acceptors (Lipinski definition) is 4. The van der Waals surface area contributed by atoms with Gasteiger partial charge in [-0.05, 0) is 69.0 Å². The van der Waals surface area contributed by atoms with Crippen molar-refractivity contribution in [1.29, 1.82) is 0 Å². The van der Waals surface area contributed by atoms with Crippen molar-refractivity contribution in [2.75, 3.05) is 20.6 Å². The molecule has 0 spiro atoms. The standard InChI is InChI=1S/C21H22ClN3O2/c1-24(2)11-4-12-25-20(10-7-15-5-3-6-17(26)13-15)23-19-14-16(22)8-9-18(19)21(25)27/h3,5-10,13-14,26H,4,11-12H2,1-2H3/b10-7+. The van der Waals surface area contributed by atoms with Crippen molar-refractivity contribution in [3.63, 3.8) is 0 Å². The topological polar surface area (TPSA) is 58.4 Å². The maximum absolute atomic E-state index is 13.0. The van der Waals surface area contributed by atoms with E-state index in [1.807, 2.05) is 26.2 Å². The van der Waals surface area contributed by atoms with Gasteiger partial charge in [0.05, 0.1) is 10.9 Å². The number of halogens is 1. The largest absolute Gasteiger partial charge is 0.508 e. The molecule has 0 bridgehead atoms. The summed E-state index contributed by atoms with van der Waals surface area (Å²) in [5.41, 5.74) is 1.33. The second-order valence-corrected chi connectivity index (χ2v) is 7.11. The molecule has 1 heterocycles. The van der Waals surface area contributed by atoms with E-state index in [1.54, 1.807) is 47.0 Å². The summed E-state index contributed by atoms with van der Waals surface area (Å²) < 4.78 is 1.69. The minimum atomic E-state index is -0.0778. The Labute approximate surface area is 163 Å². The molecule has 6 heteroatoms. The van der Waals surface area contributed by atoms with Crippen LogP contribution in [0.2, 0.25) is 5.02 Å². The zero-order valence-corrected chi connectivity index (χ0v) is 16.1. The van der Waals surface area contributed by atoms with E-state index in [4.69, 9.17) is 11.6 Å². The average molecular weight is 384 g/mol. The lowest BCUT2D eigenvalue weighted by atomic mass is 10.2. The highest BCUT2D eigenvalue weighted by Gasteiger charge is 2.10. The number of aromatic hydroxyl groups is 1. The van der Waals surface area contributed by atoms with Gasteiger partial charge in [-0.1, -0.05) is 29.8 Å². The molecule has 5 nitrogen and oxygen atoms in total. The molecule has 3 rings (SSSR count). The smallest absolute Gasteiger partial charge is 0.261 e. The zero-order valence-electron chi connectivity index (χ0n) is 15.4. The summed E-state index contributed by atoms with van der Waals surface area (Å²) >= 11 is 6.07. The number of fused-ring (bicyclic) bond motifs is 1. The molecular formula is C21H22ClN3O2. The number of aromatic nitrogens is 2. The minimum Gasteiger partial charge on any atom is -0.508 e. The fourth-order valence-corrected chi connectivity index (χ4v) is 3.07. The first-order chi connectivity index (χ1) is 12.9. The van der Waals surface area contributed by atoms with Gasteiger partial charge in [-0.15, -0.1) is 0 Å². The second-order valence-electron chi connectivity index (χ2n) is 6.67. The van der Waals surface area contributed by atoms with E-state index in [1.165, 1.54) is 0 Å². The van der Waals surface area contributed by atoms with Gasteiger partial charge >= 0.3 is 0 Å². The van der Waals surface area contributed by atoms with Gasteiger partial charge in [0.15, 0.2) is 0 Å². The lowest BCUT2D eigenvalue weighted by Gasteiger charge is -2.13. The molecule has 0 amide bonds. The maximum atomic E-state index is 13.0. The quantitative estimate of drug-likeness (QED) is 0.701. The van der Waals surface area contributed by atoms with Crippen molar-refractivity contribution in [2.45, 2.75) is 13.0 Å². The van der Waals surface area contributed by atoms with Crippen molar-refractivity contribution in [3.05, 3.63) is 69.2 Å². The molecule has 140 valence electrons. The van der Waals surface area contributed by atoms with Crippen LogP contribution in [0.15, 0.2) is 47.3 Å². The van der Waals surface area contributed by atoms with E-state index in [-0.39, 0.29) is 11.3 Å². The molecule has 0 aliphatic carbocycles. The van der Waals surface area contributed by atoms with Crippen LogP contribution in [0.3, 0.4) is 0 Å². The average Bonchev–Trinajstić information content (AvgIpc) is 2.61. The molecular weight excluding hydrogens is 362 g/mol. The fraction of sp³-hybridized carbons (Fsp3) is 0.238. The molecule has 2 aromatic carbocycles. The first-order valence-corrected chi connectivity index (χ1v) is 9.14. The van der Waals surface area contributed by atoms with Crippen molar-refractivity contribution >= 4 is 34.7 Å². The van der Waals surface area contributed by atoms with Gasteiger partial charge in [0.25, 0.3) is 5.56 Å². The summed E-state index contributed by atoms with van der Waals surface area (Å²) in [6.45, 7) is 1.45. The van der Waals surface area contributed by atoms with Crippen LogP contribution in [0.4, 0.5) is 0 Å². The summed E-state index contributed by atoms with van der Waals surface area (Å²) in [5, 5.41) is 10.7. The van der Waals surface area contributed by atoms with Crippen molar-refractivity contribution < 1.29 is 5.11 Å². The van der Waals surface area contributed by atoms with E-state index in [0.717, 1.165) is 18.5 Å². The number of rotatable bonds is 6. The Hall–Kier alpha value is -2.63. The molecule has 0 saturated carbocycles. The lowest BCUT2D eigenvalue weighted by molar-refractivity contribution is 0.384. The van der Waals surface area contributed by atoms with Crippen molar-refractivity contribution in [1.82, 2.24) is 14.5 Å². The second kappa shape index (κ2) is 8.37. The van der Waals surface area contributed by atoms with Crippen LogP contribution in [0, 0.1) is 0 Å². The van der Waals surface area contributed by atoms with E-state index < -0.39 is 0 Å². The van der Waals surface area contributed by atoms with E-state index in [2.05, 4.69) is 9.88 Å². The molecule has 1 aromatic heterocycles. The third-order valence-corrected chi connectivity index (χ3v) is 4.46. The number of phenols is 1. The Kier molecular flexibility index (Phi) is 5.94. The number of phenolic OH excluding ortho intramolecular Hbond substituents is 1. The van der Waals surface area contributed by atoms with Gasteiger partial charge in [0, 0.05) is 11.6 Å². The Bertz CT molecular complexity index is 1040. The maximum Gasteiger partial charge on any atom is 0.261 e. The van der Waals surface area contributed by atoms with E-state index >= 15 is 0 Å². The normalized spacial score (nSPS) is 11.7. The van der Waals surface area contributed by atoms with Gasteiger partial charge in [-0.3, -0.25) is 9.36 Å². The summed E-state index contributed by atoms with van der Waals surface area (Å²) in [5.74, 6) is 0.760. The number of nitrogens with zero attached hydrogens (tertiary/aromatic N) is 3. The highest BCUT2D eigenvalue weighted by Crippen LogP contribution is 2.17. The summed E-state index contributed by atoms with van der Waals surface area (Å²) in [7, 11) is 4.01. The fourth-order valence-electron chi connectivity index (χ4n) is 2.90. The van der Waals surface area contributed by atoms with Gasteiger partial charge < -0.3 is 10.0 Å². The van der Waals surface area contributed by atoms with Gasteiger partial charge in [-0.25, -0.2) is 4.98 Å². The first-order valence-electron chi connectivity index (χ1n) is 8.76. The molecule has 27 heavy (non-hydrogen) atoms.